The number of nitrogens with one attached hydrogen (secondary N) is 2. The highest BCUT2D eigenvalue weighted by Gasteiger charge is 2.51. The third-order valence-corrected chi connectivity index (χ3v) is 6.06. The first-order valence-corrected chi connectivity index (χ1v) is 10.5. The van der Waals surface area contributed by atoms with Crippen molar-refractivity contribution in [2.24, 2.45) is 0 Å². The fourth-order valence-electron chi connectivity index (χ4n) is 4.12. The Morgan fingerprint density at radius 1 is 1.06 bits per heavy atom. The van der Waals surface area contributed by atoms with E-state index in [0.29, 0.717) is 11.6 Å². The summed E-state index contributed by atoms with van der Waals surface area (Å²) in [6.45, 7) is 3.02. The summed E-state index contributed by atoms with van der Waals surface area (Å²) in [7, 11) is 1.94. The number of aromatic nitrogens is 1. The van der Waals surface area contributed by atoms with Crippen LogP contribution in [0.5, 0.6) is 11.5 Å². The first kappa shape index (κ1) is 19.6. The third-order valence-electron chi connectivity index (χ3n) is 6.06. The zero-order valence-electron chi connectivity index (χ0n) is 17.7. The molecule has 1 saturated carbocycles. The average molecular weight is 415 g/mol. The predicted molar refractivity (Wildman–Crippen MR) is 119 cm³/mol. The van der Waals surface area contributed by atoms with Crippen LogP contribution in [0.1, 0.15) is 29.5 Å². The van der Waals surface area contributed by atoms with Crippen molar-refractivity contribution in [3.63, 3.8) is 0 Å². The van der Waals surface area contributed by atoms with Crippen molar-refractivity contribution in [1.82, 2.24) is 10.3 Å². The topological polar surface area (TPSA) is 72.5 Å². The number of amides is 1. The molecule has 6 heteroatoms. The molecular formula is C25H25N3O3. The summed E-state index contributed by atoms with van der Waals surface area (Å²) in [5.41, 5.74) is 4.74. The fourth-order valence-corrected chi connectivity index (χ4v) is 4.12. The molecule has 5 rings (SSSR count). The molecule has 0 atom stereocenters. The maximum absolute atomic E-state index is 13.2. The summed E-state index contributed by atoms with van der Waals surface area (Å²) < 4.78 is 10.9. The normalized spacial score (nSPS) is 15.5. The van der Waals surface area contributed by atoms with Crippen LogP contribution in [0, 0.1) is 6.92 Å². The van der Waals surface area contributed by atoms with Gasteiger partial charge in [0, 0.05) is 18.3 Å². The Labute approximate surface area is 181 Å². The largest absolute Gasteiger partial charge is 0.454 e. The Morgan fingerprint density at radius 3 is 2.68 bits per heavy atom. The first-order valence-electron chi connectivity index (χ1n) is 10.5. The summed E-state index contributed by atoms with van der Waals surface area (Å²) in [5.74, 6) is 2.01. The van der Waals surface area contributed by atoms with Crippen LogP contribution in [0.15, 0.2) is 54.7 Å². The van der Waals surface area contributed by atoms with E-state index in [1.54, 1.807) is 0 Å². The van der Waals surface area contributed by atoms with E-state index >= 15 is 0 Å². The number of ether oxygens (including phenoxy) is 2. The molecule has 0 unspecified atom stereocenters. The van der Waals surface area contributed by atoms with E-state index < -0.39 is 5.41 Å². The molecule has 0 spiro atoms. The van der Waals surface area contributed by atoms with Crippen molar-refractivity contribution in [2.75, 3.05) is 19.2 Å². The lowest BCUT2D eigenvalue weighted by molar-refractivity contribution is -0.118. The Balaban J connectivity index is 1.35. The number of nitrogens with zero attached hydrogens (tertiary/aromatic N) is 1. The molecule has 2 N–H and O–H groups in total. The minimum absolute atomic E-state index is 0.0225. The molecular weight excluding hydrogens is 390 g/mol. The van der Waals surface area contributed by atoms with Crippen molar-refractivity contribution in [3.8, 4) is 22.6 Å². The van der Waals surface area contributed by atoms with Gasteiger partial charge in [-0.2, -0.15) is 0 Å². The molecule has 158 valence electrons. The van der Waals surface area contributed by atoms with Crippen molar-refractivity contribution in [3.05, 3.63) is 71.4 Å². The van der Waals surface area contributed by atoms with Gasteiger partial charge in [-0.1, -0.05) is 24.3 Å². The van der Waals surface area contributed by atoms with Gasteiger partial charge in [0.25, 0.3) is 0 Å². The van der Waals surface area contributed by atoms with Gasteiger partial charge >= 0.3 is 0 Å². The molecule has 0 radical (unpaired) electrons. The van der Waals surface area contributed by atoms with Gasteiger partial charge in [-0.25, -0.2) is 4.98 Å². The van der Waals surface area contributed by atoms with Crippen molar-refractivity contribution in [2.45, 2.75) is 31.7 Å². The minimum Gasteiger partial charge on any atom is -0.454 e. The number of anilines is 1. The van der Waals surface area contributed by atoms with E-state index in [0.717, 1.165) is 47.4 Å². The maximum Gasteiger partial charge on any atom is 0.236 e. The van der Waals surface area contributed by atoms with Crippen LogP contribution in [0.4, 0.5) is 5.82 Å². The second kappa shape index (κ2) is 7.71. The lowest BCUT2D eigenvalue weighted by atomic mass is 9.94. The number of aryl methyl sites for hydroxylation is 1. The summed E-state index contributed by atoms with van der Waals surface area (Å²) in [4.78, 5) is 17.8. The number of benzene rings is 2. The van der Waals surface area contributed by atoms with E-state index in [1.807, 2.05) is 38.4 Å². The summed E-state index contributed by atoms with van der Waals surface area (Å²) in [6, 6.07) is 16.2. The van der Waals surface area contributed by atoms with E-state index in [9.17, 15) is 4.79 Å². The van der Waals surface area contributed by atoms with Gasteiger partial charge in [0.2, 0.25) is 12.7 Å². The minimum atomic E-state index is -0.519. The zero-order valence-corrected chi connectivity index (χ0v) is 17.7. The van der Waals surface area contributed by atoms with Gasteiger partial charge in [-0.15, -0.1) is 0 Å². The number of carbonyl (C=O) groups excluding carboxylic acids is 1. The molecule has 6 nitrogen and oxygen atoms in total. The monoisotopic (exact) mass is 415 g/mol. The van der Waals surface area contributed by atoms with Crippen LogP contribution in [0.2, 0.25) is 0 Å². The summed E-state index contributed by atoms with van der Waals surface area (Å²) in [6.07, 6.45) is 3.45. The van der Waals surface area contributed by atoms with Gasteiger partial charge in [0.05, 0.1) is 5.41 Å². The maximum atomic E-state index is 13.2. The number of hydrogen-bond donors (Lipinski definition) is 2. The van der Waals surface area contributed by atoms with Gasteiger partial charge in [-0.3, -0.25) is 4.79 Å². The average Bonchev–Trinajstić information content (AvgIpc) is 3.46. The molecule has 1 aliphatic heterocycles. The standard InChI is InChI=1S/C25H25N3O3/c1-16-10-19(18-5-3-4-17(11-18)13-26-2)14-27-23(16)28-24(29)25(8-9-25)20-6-7-21-22(12-20)31-15-30-21/h3-7,10-12,14,26H,8-9,13,15H2,1-2H3,(H,27,28,29). The van der Waals surface area contributed by atoms with Gasteiger partial charge in [0.1, 0.15) is 5.82 Å². The van der Waals surface area contributed by atoms with Crippen LogP contribution in [0.3, 0.4) is 0 Å². The predicted octanol–water partition coefficient (Wildman–Crippen LogP) is 4.18. The lowest BCUT2D eigenvalue weighted by Gasteiger charge is -2.17. The van der Waals surface area contributed by atoms with Crippen molar-refractivity contribution in [1.29, 1.82) is 0 Å². The lowest BCUT2D eigenvalue weighted by Crippen LogP contribution is -2.28. The van der Waals surface area contributed by atoms with Crippen LogP contribution >= 0.6 is 0 Å². The summed E-state index contributed by atoms with van der Waals surface area (Å²) in [5, 5.41) is 6.23. The highest BCUT2D eigenvalue weighted by atomic mass is 16.7. The molecule has 1 aliphatic carbocycles. The Hall–Kier alpha value is -3.38. The molecule has 3 aromatic rings. The Kier molecular flexibility index (Phi) is 4.87. The third kappa shape index (κ3) is 3.64. The van der Waals surface area contributed by atoms with E-state index in [-0.39, 0.29) is 12.7 Å². The molecule has 2 aromatic carbocycles. The quantitative estimate of drug-likeness (QED) is 0.632. The van der Waals surface area contributed by atoms with Crippen molar-refractivity contribution < 1.29 is 14.3 Å². The second-order valence-electron chi connectivity index (χ2n) is 8.22. The number of pyridine rings is 1. The highest BCUT2D eigenvalue weighted by molar-refractivity contribution is 6.01. The first-order chi connectivity index (χ1) is 15.1. The van der Waals surface area contributed by atoms with Crippen LogP contribution < -0.4 is 20.1 Å². The molecule has 1 fully saturated rings. The zero-order chi connectivity index (χ0) is 21.4. The van der Waals surface area contributed by atoms with Crippen LogP contribution in [0.25, 0.3) is 11.1 Å². The molecule has 1 aromatic heterocycles. The molecule has 0 saturated heterocycles. The molecule has 0 bridgehead atoms. The SMILES string of the molecule is CNCc1cccc(-c2cnc(NC(=O)C3(c4ccc5c(c4)OCO5)CC3)c(C)c2)c1. The fraction of sp³-hybridized carbons (Fsp3) is 0.280. The molecule has 31 heavy (non-hydrogen) atoms. The highest BCUT2D eigenvalue weighted by Crippen LogP contribution is 2.51. The number of rotatable bonds is 6. The van der Waals surface area contributed by atoms with E-state index in [2.05, 4.69) is 45.9 Å². The molecule has 2 heterocycles. The summed E-state index contributed by atoms with van der Waals surface area (Å²) >= 11 is 0. The number of hydrogen-bond acceptors (Lipinski definition) is 5. The Morgan fingerprint density at radius 2 is 1.90 bits per heavy atom. The van der Waals surface area contributed by atoms with Crippen LogP contribution in [-0.2, 0) is 16.8 Å². The van der Waals surface area contributed by atoms with Gasteiger partial charge in [0.15, 0.2) is 11.5 Å². The Bertz CT molecular complexity index is 1150. The molecule has 1 amide bonds. The number of carbonyl (C=O) groups is 1. The smallest absolute Gasteiger partial charge is 0.236 e. The van der Waals surface area contributed by atoms with Gasteiger partial charge < -0.3 is 20.1 Å². The molecule has 2 aliphatic rings. The van der Waals surface area contributed by atoms with Crippen LogP contribution in [-0.4, -0.2) is 24.7 Å². The second-order valence-corrected chi connectivity index (χ2v) is 8.22. The van der Waals surface area contributed by atoms with Gasteiger partial charge in [-0.05, 0) is 73.3 Å². The van der Waals surface area contributed by atoms with E-state index in [4.69, 9.17) is 9.47 Å². The van der Waals surface area contributed by atoms with E-state index in [1.165, 1.54) is 5.56 Å². The number of fused-ring (bicyclic) bond motifs is 1. The van der Waals surface area contributed by atoms with Crippen molar-refractivity contribution >= 4 is 11.7 Å².